The van der Waals surface area contributed by atoms with Crippen LogP contribution in [0.5, 0.6) is 11.5 Å². The Balaban J connectivity index is 1.44. The van der Waals surface area contributed by atoms with E-state index >= 15 is 0 Å². The molecule has 160 valence electrons. The van der Waals surface area contributed by atoms with Gasteiger partial charge >= 0.3 is 0 Å². The Kier molecular flexibility index (Phi) is 7.33. The Bertz CT molecular complexity index is 864. The third-order valence-electron chi connectivity index (χ3n) is 4.88. The predicted molar refractivity (Wildman–Crippen MR) is 117 cm³/mol. The number of anilines is 1. The minimum atomic E-state index is -0.546. The van der Waals surface area contributed by atoms with E-state index in [-0.39, 0.29) is 18.2 Å². The van der Waals surface area contributed by atoms with Gasteiger partial charge in [-0.25, -0.2) is 0 Å². The SMILES string of the molecule is CC(C)COc1ccc(CCNC(=O)CCN2C(=O)C(C)Oc3ccccc32)cc1. The Hall–Kier alpha value is -3.02. The van der Waals surface area contributed by atoms with E-state index in [0.717, 1.165) is 17.7 Å². The minimum absolute atomic E-state index is 0.0729. The van der Waals surface area contributed by atoms with Crippen molar-refractivity contribution in [3.05, 3.63) is 54.1 Å². The highest BCUT2D eigenvalue weighted by Gasteiger charge is 2.31. The molecule has 3 rings (SSSR count). The van der Waals surface area contributed by atoms with Gasteiger partial charge in [0.25, 0.3) is 5.91 Å². The van der Waals surface area contributed by atoms with Gasteiger partial charge in [-0.2, -0.15) is 0 Å². The van der Waals surface area contributed by atoms with Crippen molar-refractivity contribution < 1.29 is 19.1 Å². The highest BCUT2D eigenvalue weighted by molar-refractivity contribution is 6.00. The molecule has 0 bridgehead atoms. The average molecular weight is 411 g/mol. The Labute approximate surface area is 178 Å². The van der Waals surface area contributed by atoms with E-state index < -0.39 is 6.10 Å². The van der Waals surface area contributed by atoms with Crippen LogP contribution >= 0.6 is 0 Å². The zero-order valence-electron chi connectivity index (χ0n) is 17.9. The lowest BCUT2D eigenvalue weighted by atomic mass is 10.1. The molecule has 2 aromatic carbocycles. The summed E-state index contributed by atoms with van der Waals surface area (Å²) < 4.78 is 11.3. The largest absolute Gasteiger partial charge is 0.493 e. The van der Waals surface area contributed by atoms with Gasteiger partial charge in [0.05, 0.1) is 12.3 Å². The first-order valence-electron chi connectivity index (χ1n) is 10.5. The topological polar surface area (TPSA) is 67.9 Å². The summed E-state index contributed by atoms with van der Waals surface area (Å²) in [5.41, 5.74) is 1.85. The van der Waals surface area contributed by atoms with E-state index in [4.69, 9.17) is 9.47 Å². The third kappa shape index (κ3) is 5.75. The molecule has 0 spiro atoms. The number of benzene rings is 2. The van der Waals surface area contributed by atoms with Crippen molar-refractivity contribution >= 4 is 17.5 Å². The summed E-state index contributed by atoms with van der Waals surface area (Å²) in [6, 6.07) is 15.4. The number of fused-ring (bicyclic) bond motifs is 1. The average Bonchev–Trinajstić information content (AvgIpc) is 2.73. The maximum absolute atomic E-state index is 12.5. The molecule has 30 heavy (non-hydrogen) atoms. The van der Waals surface area contributed by atoms with Gasteiger partial charge in [0.2, 0.25) is 5.91 Å². The van der Waals surface area contributed by atoms with Crippen molar-refractivity contribution in [3.63, 3.8) is 0 Å². The summed E-state index contributed by atoms with van der Waals surface area (Å²) in [6.45, 7) is 7.54. The number of nitrogens with one attached hydrogen (secondary N) is 1. The first kappa shape index (κ1) is 21.7. The number of hydrogen-bond donors (Lipinski definition) is 1. The molecule has 2 aromatic rings. The highest BCUT2D eigenvalue weighted by atomic mass is 16.5. The molecule has 6 heteroatoms. The number of para-hydroxylation sites is 2. The Morgan fingerprint density at radius 3 is 2.63 bits per heavy atom. The van der Waals surface area contributed by atoms with E-state index in [0.29, 0.717) is 37.1 Å². The number of amides is 2. The lowest BCUT2D eigenvalue weighted by Gasteiger charge is -2.32. The zero-order valence-corrected chi connectivity index (χ0v) is 17.9. The van der Waals surface area contributed by atoms with Gasteiger partial charge in [-0.1, -0.05) is 38.1 Å². The summed E-state index contributed by atoms with van der Waals surface area (Å²) in [4.78, 5) is 26.4. The van der Waals surface area contributed by atoms with Crippen LogP contribution in [0.3, 0.4) is 0 Å². The summed E-state index contributed by atoms with van der Waals surface area (Å²) in [6.07, 6.45) is 0.442. The number of nitrogens with zero attached hydrogens (tertiary/aromatic N) is 1. The smallest absolute Gasteiger partial charge is 0.267 e. The fraction of sp³-hybridized carbons (Fsp3) is 0.417. The molecule has 0 saturated carbocycles. The molecule has 1 aliphatic heterocycles. The molecule has 6 nitrogen and oxygen atoms in total. The zero-order chi connectivity index (χ0) is 21.5. The van der Waals surface area contributed by atoms with E-state index in [1.54, 1.807) is 11.8 Å². The fourth-order valence-corrected chi connectivity index (χ4v) is 3.25. The molecule has 0 radical (unpaired) electrons. The van der Waals surface area contributed by atoms with E-state index in [2.05, 4.69) is 19.2 Å². The highest BCUT2D eigenvalue weighted by Crippen LogP contribution is 2.33. The minimum Gasteiger partial charge on any atom is -0.493 e. The maximum Gasteiger partial charge on any atom is 0.267 e. The normalized spacial score (nSPS) is 15.5. The quantitative estimate of drug-likeness (QED) is 0.686. The van der Waals surface area contributed by atoms with E-state index in [1.165, 1.54) is 0 Å². The lowest BCUT2D eigenvalue weighted by molar-refractivity contribution is -0.125. The lowest BCUT2D eigenvalue weighted by Crippen LogP contribution is -2.45. The van der Waals surface area contributed by atoms with Crippen molar-refractivity contribution in [2.24, 2.45) is 5.92 Å². The van der Waals surface area contributed by atoms with Gasteiger partial charge in [0.1, 0.15) is 11.5 Å². The maximum atomic E-state index is 12.5. The van der Waals surface area contributed by atoms with Crippen LogP contribution in [0, 0.1) is 5.92 Å². The number of rotatable bonds is 9. The third-order valence-corrected chi connectivity index (χ3v) is 4.88. The number of hydrogen-bond acceptors (Lipinski definition) is 4. The van der Waals surface area contributed by atoms with E-state index in [1.807, 2.05) is 48.5 Å². The van der Waals surface area contributed by atoms with E-state index in [9.17, 15) is 9.59 Å². The van der Waals surface area contributed by atoms with Crippen LogP contribution in [-0.2, 0) is 16.0 Å². The number of ether oxygens (including phenoxy) is 2. The molecule has 0 aromatic heterocycles. The van der Waals surface area contributed by atoms with Crippen LogP contribution < -0.4 is 19.7 Å². The van der Waals surface area contributed by atoms with Crippen molar-refractivity contribution in [3.8, 4) is 11.5 Å². The second kappa shape index (κ2) is 10.1. The predicted octanol–water partition coefficient (Wildman–Crippen LogP) is 3.58. The molecule has 0 aliphatic carbocycles. The van der Waals surface area contributed by atoms with Crippen molar-refractivity contribution in [1.29, 1.82) is 0 Å². The Morgan fingerprint density at radius 2 is 1.90 bits per heavy atom. The number of carbonyl (C=O) groups excluding carboxylic acids is 2. The second-order valence-electron chi connectivity index (χ2n) is 7.92. The molecule has 1 N–H and O–H groups in total. The van der Waals surface area contributed by atoms with Crippen LogP contribution in [0.2, 0.25) is 0 Å². The first-order chi connectivity index (χ1) is 14.4. The molecule has 1 heterocycles. The molecule has 2 amide bonds. The standard InChI is InChI=1S/C24H30N2O4/c1-17(2)16-29-20-10-8-19(9-11-20)12-14-25-23(27)13-15-26-21-6-4-5-7-22(21)30-18(3)24(26)28/h4-11,17-18H,12-16H2,1-3H3,(H,25,27). The van der Waals surface area contributed by atoms with Crippen molar-refractivity contribution in [2.45, 2.75) is 39.7 Å². The summed E-state index contributed by atoms with van der Waals surface area (Å²) >= 11 is 0. The van der Waals surface area contributed by atoms with Gasteiger partial charge in [-0.05, 0) is 49.1 Å². The fourth-order valence-electron chi connectivity index (χ4n) is 3.25. The molecular weight excluding hydrogens is 380 g/mol. The molecular formula is C24H30N2O4. The van der Waals surface area contributed by atoms with Gasteiger partial charge < -0.3 is 19.7 Å². The van der Waals surface area contributed by atoms with Crippen molar-refractivity contribution in [2.75, 3.05) is 24.6 Å². The van der Waals surface area contributed by atoms with Crippen LogP contribution in [-0.4, -0.2) is 37.6 Å². The Morgan fingerprint density at radius 1 is 1.17 bits per heavy atom. The van der Waals surface area contributed by atoms with Crippen molar-refractivity contribution in [1.82, 2.24) is 5.32 Å². The summed E-state index contributed by atoms with van der Waals surface area (Å²) in [5, 5.41) is 2.94. The van der Waals surface area contributed by atoms with Gasteiger partial charge in [0.15, 0.2) is 6.10 Å². The molecule has 1 unspecified atom stereocenters. The summed E-state index contributed by atoms with van der Waals surface area (Å²) in [5.74, 6) is 1.83. The van der Waals surface area contributed by atoms with Crippen LogP contribution in [0.4, 0.5) is 5.69 Å². The van der Waals surface area contributed by atoms with Gasteiger partial charge in [-0.3, -0.25) is 9.59 Å². The first-order valence-corrected chi connectivity index (χ1v) is 10.5. The molecule has 1 atom stereocenters. The second-order valence-corrected chi connectivity index (χ2v) is 7.92. The molecule has 1 aliphatic rings. The van der Waals surface area contributed by atoms with Gasteiger partial charge in [0, 0.05) is 19.5 Å². The molecule has 0 saturated heterocycles. The van der Waals surface area contributed by atoms with Crippen LogP contribution in [0.1, 0.15) is 32.8 Å². The monoisotopic (exact) mass is 410 g/mol. The number of carbonyl (C=O) groups is 2. The summed E-state index contributed by atoms with van der Waals surface area (Å²) in [7, 11) is 0. The van der Waals surface area contributed by atoms with Crippen LogP contribution in [0.25, 0.3) is 0 Å². The molecule has 0 fully saturated rings. The van der Waals surface area contributed by atoms with Crippen LogP contribution in [0.15, 0.2) is 48.5 Å². The van der Waals surface area contributed by atoms with Gasteiger partial charge in [-0.15, -0.1) is 0 Å².